The number of rotatable bonds is 3. The van der Waals surface area contributed by atoms with Gasteiger partial charge in [0.25, 0.3) is 0 Å². The first-order chi connectivity index (χ1) is 9.22. The van der Waals surface area contributed by atoms with Crippen molar-refractivity contribution in [3.05, 3.63) is 30.5 Å². The second kappa shape index (κ2) is 5.13. The van der Waals surface area contributed by atoms with Crippen molar-refractivity contribution in [2.45, 2.75) is 26.3 Å². The van der Waals surface area contributed by atoms with Gasteiger partial charge in [-0.2, -0.15) is 0 Å². The molecule has 0 spiro atoms. The van der Waals surface area contributed by atoms with Gasteiger partial charge in [0.1, 0.15) is 5.82 Å². The van der Waals surface area contributed by atoms with Gasteiger partial charge in [-0.25, -0.2) is 4.98 Å². The summed E-state index contributed by atoms with van der Waals surface area (Å²) in [5, 5.41) is 3.54. The summed E-state index contributed by atoms with van der Waals surface area (Å²) in [5.41, 5.74) is 1.92. The number of para-hydroxylation sites is 2. The number of aromatic nitrogens is 2. The molecule has 0 radical (unpaired) electrons. The second-order valence-electron chi connectivity index (χ2n) is 5.63. The predicted molar refractivity (Wildman–Crippen MR) is 78.1 cm³/mol. The fraction of sp³-hybridized carbons (Fsp3) is 0.467. The van der Waals surface area contributed by atoms with Gasteiger partial charge in [0.15, 0.2) is 0 Å². The molecule has 1 aromatic heterocycles. The Morgan fingerprint density at radius 3 is 2.89 bits per heavy atom. The molecule has 2 aromatic rings. The van der Waals surface area contributed by atoms with Gasteiger partial charge in [-0.1, -0.05) is 26.0 Å². The van der Waals surface area contributed by atoms with Crippen LogP contribution in [-0.4, -0.2) is 29.2 Å². The third-order valence-corrected chi connectivity index (χ3v) is 3.53. The molecule has 3 rings (SSSR count). The van der Waals surface area contributed by atoms with Gasteiger partial charge in [0.2, 0.25) is 0 Å². The third-order valence-electron chi connectivity index (χ3n) is 3.53. The van der Waals surface area contributed by atoms with Gasteiger partial charge < -0.3 is 4.90 Å². The van der Waals surface area contributed by atoms with Crippen LogP contribution in [-0.2, 0) is 0 Å². The molecule has 0 bridgehead atoms. The van der Waals surface area contributed by atoms with Crippen molar-refractivity contribution in [2.24, 2.45) is 5.92 Å². The molecule has 19 heavy (non-hydrogen) atoms. The quantitative estimate of drug-likeness (QED) is 0.915. The lowest BCUT2D eigenvalue weighted by Gasteiger charge is -2.16. The summed E-state index contributed by atoms with van der Waals surface area (Å²) in [5.74, 6) is 1.69. The monoisotopic (exact) mass is 256 g/mol. The fourth-order valence-corrected chi connectivity index (χ4v) is 2.64. The van der Waals surface area contributed by atoms with Crippen LogP contribution in [0.15, 0.2) is 30.5 Å². The minimum absolute atomic E-state index is 0.563. The Morgan fingerprint density at radius 2 is 2.11 bits per heavy atom. The Hall–Kier alpha value is -1.68. The average Bonchev–Trinajstić information content (AvgIpc) is 2.86. The van der Waals surface area contributed by atoms with E-state index in [1.165, 1.54) is 6.42 Å². The highest BCUT2D eigenvalue weighted by Crippen LogP contribution is 2.19. The zero-order chi connectivity index (χ0) is 13.2. The second-order valence-corrected chi connectivity index (χ2v) is 5.63. The zero-order valence-corrected chi connectivity index (χ0v) is 11.5. The van der Waals surface area contributed by atoms with E-state index >= 15 is 0 Å². The van der Waals surface area contributed by atoms with E-state index < -0.39 is 0 Å². The maximum Gasteiger partial charge on any atom is 0.148 e. The SMILES string of the molecule is CC(C)CC1CN(c2cnc3ccccc3n2)CN1. The number of fused-ring (bicyclic) bond motifs is 1. The molecule has 1 saturated heterocycles. The van der Waals surface area contributed by atoms with E-state index in [1.54, 1.807) is 0 Å². The highest BCUT2D eigenvalue weighted by Gasteiger charge is 2.23. The van der Waals surface area contributed by atoms with Crippen molar-refractivity contribution in [3.8, 4) is 0 Å². The minimum atomic E-state index is 0.563. The van der Waals surface area contributed by atoms with Crippen LogP contribution in [0.25, 0.3) is 11.0 Å². The summed E-state index contributed by atoms with van der Waals surface area (Å²) in [6, 6.07) is 8.57. The summed E-state index contributed by atoms with van der Waals surface area (Å²) >= 11 is 0. The Labute approximate surface area is 113 Å². The van der Waals surface area contributed by atoms with Crippen LogP contribution in [0.3, 0.4) is 0 Å². The summed E-state index contributed by atoms with van der Waals surface area (Å²) in [7, 11) is 0. The summed E-state index contributed by atoms with van der Waals surface area (Å²) in [6.45, 7) is 6.41. The van der Waals surface area contributed by atoms with E-state index in [0.717, 1.165) is 36.0 Å². The van der Waals surface area contributed by atoms with Gasteiger partial charge in [-0.05, 0) is 24.5 Å². The Balaban J connectivity index is 1.78. The smallest absolute Gasteiger partial charge is 0.148 e. The summed E-state index contributed by atoms with van der Waals surface area (Å²) in [4.78, 5) is 11.4. The maximum absolute atomic E-state index is 4.69. The molecule has 1 aliphatic heterocycles. The third kappa shape index (κ3) is 2.68. The van der Waals surface area contributed by atoms with Crippen LogP contribution in [0.4, 0.5) is 5.82 Å². The first-order valence-corrected chi connectivity index (χ1v) is 6.92. The normalized spacial score (nSPS) is 19.5. The van der Waals surface area contributed by atoms with E-state index in [4.69, 9.17) is 4.98 Å². The predicted octanol–water partition coefficient (Wildman–Crippen LogP) is 2.41. The summed E-state index contributed by atoms with van der Waals surface area (Å²) < 4.78 is 0. The van der Waals surface area contributed by atoms with Gasteiger partial charge in [-0.3, -0.25) is 10.3 Å². The van der Waals surface area contributed by atoms with Gasteiger partial charge in [0, 0.05) is 12.6 Å². The van der Waals surface area contributed by atoms with Crippen LogP contribution < -0.4 is 10.2 Å². The van der Waals surface area contributed by atoms with Gasteiger partial charge in [-0.15, -0.1) is 0 Å². The molecule has 1 atom stereocenters. The Morgan fingerprint density at radius 1 is 1.32 bits per heavy atom. The number of anilines is 1. The Kier molecular flexibility index (Phi) is 3.34. The molecule has 1 N–H and O–H groups in total. The lowest BCUT2D eigenvalue weighted by Crippen LogP contribution is -2.25. The van der Waals surface area contributed by atoms with E-state index in [2.05, 4.69) is 29.0 Å². The van der Waals surface area contributed by atoms with Crippen molar-refractivity contribution in [2.75, 3.05) is 18.1 Å². The maximum atomic E-state index is 4.69. The largest absolute Gasteiger partial charge is 0.341 e. The van der Waals surface area contributed by atoms with Crippen molar-refractivity contribution in [3.63, 3.8) is 0 Å². The number of nitrogens with zero attached hydrogens (tertiary/aromatic N) is 3. The van der Waals surface area contributed by atoms with Crippen molar-refractivity contribution < 1.29 is 0 Å². The lowest BCUT2D eigenvalue weighted by molar-refractivity contribution is 0.479. The molecule has 100 valence electrons. The average molecular weight is 256 g/mol. The zero-order valence-electron chi connectivity index (χ0n) is 11.5. The minimum Gasteiger partial charge on any atom is -0.341 e. The molecule has 2 heterocycles. The molecule has 1 fully saturated rings. The molecule has 1 aliphatic rings. The highest BCUT2D eigenvalue weighted by atomic mass is 15.3. The van der Waals surface area contributed by atoms with E-state index in [9.17, 15) is 0 Å². The number of benzene rings is 1. The number of hydrogen-bond donors (Lipinski definition) is 1. The van der Waals surface area contributed by atoms with Gasteiger partial charge >= 0.3 is 0 Å². The lowest BCUT2D eigenvalue weighted by atomic mass is 10.0. The van der Waals surface area contributed by atoms with Crippen LogP contribution in [0, 0.1) is 5.92 Å². The van der Waals surface area contributed by atoms with Crippen LogP contribution >= 0.6 is 0 Å². The topological polar surface area (TPSA) is 41.1 Å². The van der Waals surface area contributed by atoms with E-state index in [1.807, 2.05) is 30.5 Å². The van der Waals surface area contributed by atoms with E-state index in [0.29, 0.717) is 6.04 Å². The molecular weight excluding hydrogens is 236 g/mol. The van der Waals surface area contributed by atoms with Crippen LogP contribution in [0.5, 0.6) is 0 Å². The molecule has 0 amide bonds. The summed E-state index contributed by atoms with van der Waals surface area (Å²) in [6.07, 6.45) is 3.08. The van der Waals surface area contributed by atoms with Gasteiger partial charge in [0.05, 0.1) is 23.9 Å². The molecular formula is C15H20N4. The van der Waals surface area contributed by atoms with Crippen molar-refractivity contribution in [1.82, 2.24) is 15.3 Å². The molecule has 4 nitrogen and oxygen atoms in total. The van der Waals surface area contributed by atoms with Crippen molar-refractivity contribution >= 4 is 16.9 Å². The standard InChI is InChI=1S/C15H20N4/c1-11(2)7-12-9-19(10-17-12)15-8-16-13-5-3-4-6-14(13)18-15/h3-6,8,11-12,17H,7,9-10H2,1-2H3. The molecule has 1 unspecified atom stereocenters. The molecule has 1 aromatic carbocycles. The van der Waals surface area contributed by atoms with Crippen LogP contribution in [0.2, 0.25) is 0 Å². The first kappa shape index (κ1) is 12.4. The highest BCUT2D eigenvalue weighted by molar-refractivity contribution is 5.75. The fourth-order valence-electron chi connectivity index (χ4n) is 2.64. The molecule has 0 saturated carbocycles. The molecule has 4 heteroatoms. The van der Waals surface area contributed by atoms with Crippen molar-refractivity contribution in [1.29, 1.82) is 0 Å². The number of nitrogens with one attached hydrogen (secondary N) is 1. The molecule has 0 aliphatic carbocycles. The number of hydrogen-bond acceptors (Lipinski definition) is 4. The first-order valence-electron chi connectivity index (χ1n) is 6.92. The Bertz CT molecular complexity index is 567. The van der Waals surface area contributed by atoms with Crippen LogP contribution in [0.1, 0.15) is 20.3 Å². The van der Waals surface area contributed by atoms with E-state index in [-0.39, 0.29) is 0 Å².